The van der Waals surface area contributed by atoms with Crippen molar-refractivity contribution in [1.82, 2.24) is 4.57 Å². The Morgan fingerprint density at radius 3 is 2.44 bits per heavy atom. The highest BCUT2D eigenvalue weighted by molar-refractivity contribution is 6.01. The van der Waals surface area contributed by atoms with E-state index >= 15 is 0 Å². The van der Waals surface area contributed by atoms with Crippen molar-refractivity contribution in [2.75, 3.05) is 6.61 Å². The molecule has 2 rings (SSSR count). The third-order valence-corrected chi connectivity index (χ3v) is 4.16. The smallest absolute Gasteiger partial charge is 0.345 e. The molecule has 0 unspecified atom stereocenters. The second kappa shape index (κ2) is 7.29. The minimum atomic E-state index is -0.881. The fourth-order valence-electron chi connectivity index (χ4n) is 2.92. The fraction of sp³-hybridized carbons (Fsp3) is 0.333. The lowest BCUT2D eigenvalue weighted by Crippen LogP contribution is -2.16. The van der Waals surface area contributed by atoms with Crippen LogP contribution in [0.25, 0.3) is 0 Å². The maximum Gasteiger partial charge on any atom is 0.345 e. The van der Waals surface area contributed by atoms with Crippen LogP contribution in [0.3, 0.4) is 0 Å². The van der Waals surface area contributed by atoms with Crippen LogP contribution in [0.2, 0.25) is 0 Å². The van der Waals surface area contributed by atoms with Crippen LogP contribution in [-0.4, -0.2) is 27.8 Å². The van der Waals surface area contributed by atoms with Gasteiger partial charge in [0.25, 0.3) is 5.69 Å². The molecular weight excluding hydrogens is 324 g/mol. The molecule has 0 saturated heterocycles. The van der Waals surface area contributed by atoms with E-state index < -0.39 is 17.5 Å². The monoisotopic (exact) mass is 344 g/mol. The van der Waals surface area contributed by atoms with Crippen molar-refractivity contribution in [3.8, 4) is 0 Å². The van der Waals surface area contributed by atoms with E-state index in [1.54, 1.807) is 19.1 Å². The van der Waals surface area contributed by atoms with Crippen LogP contribution in [0.1, 0.15) is 44.6 Å². The largest absolute Gasteiger partial charge is 0.454 e. The van der Waals surface area contributed by atoms with Gasteiger partial charge in [-0.15, -0.1) is 0 Å². The first-order valence-electron chi connectivity index (χ1n) is 7.89. The summed E-state index contributed by atoms with van der Waals surface area (Å²) in [7, 11) is 0. The van der Waals surface area contributed by atoms with Gasteiger partial charge in [0.15, 0.2) is 6.61 Å². The molecule has 0 fully saturated rings. The van der Waals surface area contributed by atoms with Crippen molar-refractivity contribution in [2.45, 2.75) is 34.2 Å². The van der Waals surface area contributed by atoms with Crippen LogP contribution in [0.15, 0.2) is 24.3 Å². The summed E-state index contributed by atoms with van der Waals surface area (Å²) in [4.78, 5) is 35.1. The number of nitro benzene ring substituents is 1. The number of benzene rings is 1. The molecule has 0 radical (unpaired) electrons. The van der Waals surface area contributed by atoms with Crippen molar-refractivity contribution >= 4 is 17.4 Å². The minimum Gasteiger partial charge on any atom is -0.454 e. The Hall–Kier alpha value is -2.96. The SMILES string of the molecule is CCn1c(C)cc(C(=O)COC(=O)c2cccc(C)c2[N+](=O)[O-])c1C. The Balaban J connectivity index is 2.17. The Morgan fingerprint density at radius 2 is 1.88 bits per heavy atom. The first kappa shape index (κ1) is 18.4. The van der Waals surface area contributed by atoms with E-state index in [2.05, 4.69) is 0 Å². The zero-order chi connectivity index (χ0) is 18.7. The number of ether oxygens (including phenoxy) is 1. The summed E-state index contributed by atoms with van der Waals surface area (Å²) in [6.45, 7) is 7.52. The molecule has 0 aliphatic heterocycles. The number of carbonyl (C=O) groups excluding carboxylic acids is 2. The highest BCUT2D eigenvalue weighted by Crippen LogP contribution is 2.24. The summed E-state index contributed by atoms with van der Waals surface area (Å²) in [6.07, 6.45) is 0. The highest BCUT2D eigenvalue weighted by atomic mass is 16.6. The van der Waals surface area contributed by atoms with E-state index in [0.717, 1.165) is 17.9 Å². The summed E-state index contributed by atoms with van der Waals surface area (Å²) < 4.78 is 7.01. The lowest BCUT2D eigenvalue weighted by Gasteiger charge is -2.07. The third-order valence-electron chi connectivity index (χ3n) is 4.16. The maximum absolute atomic E-state index is 12.3. The van der Waals surface area contributed by atoms with Crippen LogP contribution in [0.5, 0.6) is 0 Å². The van der Waals surface area contributed by atoms with Crippen molar-refractivity contribution in [3.63, 3.8) is 0 Å². The second-order valence-corrected chi connectivity index (χ2v) is 5.76. The van der Waals surface area contributed by atoms with E-state index in [9.17, 15) is 19.7 Å². The first-order chi connectivity index (χ1) is 11.8. The van der Waals surface area contributed by atoms with Gasteiger partial charge in [-0.1, -0.05) is 12.1 Å². The van der Waals surface area contributed by atoms with Crippen molar-refractivity contribution < 1.29 is 19.2 Å². The topological polar surface area (TPSA) is 91.4 Å². The van der Waals surface area contributed by atoms with E-state index in [1.165, 1.54) is 12.1 Å². The van der Waals surface area contributed by atoms with Gasteiger partial charge in [0, 0.05) is 29.1 Å². The van der Waals surface area contributed by atoms with Gasteiger partial charge in [0.1, 0.15) is 5.56 Å². The number of rotatable bonds is 6. The van der Waals surface area contributed by atoms with Crippen molar-refractivity contribution in [1.29, 1.82) is 0 Å². The summed E-state index contributed by atoms with van der Waals surface area (Å²) in [5.74, 6) is -1.22. The van der Waals surface area contributed by atoms with Crippen LogP contribution in [-0.2, 0) is 11.3 Å². The molecule has 1 aromatic carbocycles. The molecule has 132 valence electrons. The van der Waals surface area contributed by atoms with Gasteiger partial charge >= 0.3 is 5.97 Å². The number of aryl methyl sites for hydroxylation is 2. The number of carbonyl (C=O) groups is 2. The van der Waals surface area contributed by atoms with Gasteiger partial charge < -0.3 is 9.30 Å². The number of para-hydroxylation sites is 1. The molecule has 1 aromatic heterocycles. The van der Waals surface area contributed by atoms with Crippen LogP contribution in [0.4, 0.5) is 5.69 Å². The van der Waals surface area contributed by atoms with E-state index in [-0.39, 0.29) is 17.0 Å². The third kappa shape index (κ3) is 3.60. The summed E-state index contributed by atoms with van der Waals surface area (Å²) in [5.41, 5.74) is 2.15. The summed E-state index contributed by atoms with van der Waals surface area (Å²) >= 11 is 0. The second-order valence-electron chi connectivity index (χ2n) is 5.76. The lowest BCUT2D eigenvalue weighted by molar-refractivity contribution is -0.385. The molecule has 0 N–H and O–H groups in total. The molecule has 2 aromatic rings. The fourth-order valence-corrected chi connectivity index (χ4v) is 2.92. The maximum atomic E-state index is 12.3. The molecule has 7 nitrogen and oxygen atoms in total. The number of hydrogen-bond acceptors (Lipinski definition) is 5. The number of aromatic nitrogens is 1. The Kier molecular flexibility index (Phi) is 5.36. The molecule has 0 spiro atoms. The number of hydrogen-bond donors (Lipinski definition) is 0. The molecule has 0 atom stereocenters. The number of nitrogens with zero attached hydrogens (tertiary/aromatic N) is 2. The van der Waals surface area contributed by atoms with Gasteiger partial charge in [0.05, 0.1) is 4.92 Å². The lowest BCUT2D eigenvalue weighted by atomic mass is 10.1. The standard InChI is InChI=1S/C18H20N2O5/c1-5-19-12(3)9-15(13(19)4)16(21)10-25-18(22)14-8-6-7-11(2)17(14)20(23)24/h6-9H,5,10H2,1-4H3. The van der Waals surface area contributed by atoms with Crippen LogP contribution >= 0.6 is 0 Å². The van der Waals surface area contributed by atoms with Gasteiger partial charge in [-0.25, -0.2) is 4.79 Å². The Bertz CT molecular complexity index is 851. The molecule has 1 heterocycles. The predicted molar refractivity (Wildman–Crippen MR) is 92.0 cm³/mol. The molecule has 0 aliphatic rings. The van der Waals surface area contributed by atoms with Gasteiger partial charge in [-0.3, -0.25) is 14.9 Å². The Labute approximate surface area is 145 Å². The molecular formula is C18H20N2O5. The van der Waals surface area contributed by atoms with Crippen LogP contribution < -0.4 is 0 Å². The van der Waals surface area contributed by atoms with E-state index in [0.29, 0.717) is 11.1 Å². The number of esters is 1. The highest BCUT2D eigenvalue weighted by Gasteiger charge is 2.25. The van der Waals surface area contributed by atoms with Gasteiger partial charge in [-0.05, 0) is 39.8 Å². The zero-order valence-electron chi connectivity index (χ0n) is 14.7. The molecule has 25 heavy (non-hydrogen) atoms. The molecule has 0 saturated carbocycles. The molecule has 0 aliphatic carbocycles. The Morgan fingerprint density at radius 1 is 1.20 bits per heavy atom. The average Bonchev–Trinajstić information content (AvgIpc) is 2.85. The average molecular weight is 344 g/mol. The zero-order valence-corrected chi connectivity index (χ0v) is 14.7. The molecule has 0 amide bonds. The minimum absolute atomic E-state index is 0.156. The molecule has 0 bridgehead atoms. The van der Waals surface area contributed by atoms with E-state index in [4.69, 9.17) is 4.74 Å². The molecule has 7 heteroatoms. The summed E-state index contributed by atoms with van der Waals surface area (Å²) in [6, 6.07) is 6.15. The number of Topliss-reactive ketones (excluding diaryl/α,β-unsaturated/α-hetero) is 1. The predicted octanol–water partition coefficient (Wildman–Crippen LogP) is 3.38. The van der Waals surface area contributed by atoms with Gasteiger partial charge in [0.2, 0.25) is 5.78 Å². The quantitative estimate of drug-likeness (QED) is 0.347. The van der Waals surface area contributed by atoms with Gasteiger partial charge in [-0.2, -0.15) is 0 Å². The number of nitro groups is 1. The van der Waals surface area contributed by atoms with Crippen LogP contribution in [0, 0.1) is 30.9 Å². The van der Waals surface area contributed by atoms with Crippen molar-refractivity contribution in [2.24, 2.45) is 0 Å². The van der Waals surface area contributed by atoms with Crippen molar-refractivity contribution in [3.05, 3.63) is 62.5 Å². The summed E-state index contributed by atoms with van der Waals surface area (Å²) in [5, 5.41) is 11.2. The number of ketones is 1. The van der Waals surface area contributed by atoms with E-state index in [1.807, 2.05) is 25.3 Å². The first-order valence-corrected chi connectivity index (χ1v) is 7.89. The normalized spacial score (nSPS) is 10.6.